The first-order chi connectivity index (χ1) is 22.9. The number of fused-ring (bicyclic) bond motifs is 1. The molecule has 0 aromatic heterocycles. The second kappa shape index (κ2) is 16.7. The molecular formula is C38H39IO8. The topological polar surface area (TPSA) is 84.8 Å². The molecular weight excluding hydrogens is 711 g/mol. The quantitative estimate of drug-likeness (QED) is 0.0795. The summed E-state index contributed by atoms with van der Waals surface area (Å²) in [4.78, 5) is 0. The predicted molar refractivity (Wildman–Crippen MR) is 190 cm³/mol. The molecule has 9 heteroatoms. The summed E-state index contributed by atoms with van der Waals surface area (Å²) in [5.74, 6) is 2.16. The first-order valence-electron chi connectivity index (χ1n) is 15.1. The van der Waals surface area contributed by atoms with Gasteiger partial charge in [-0.05, 0) is 76.0 Å². The Morgan fingerprint density at radius 2 is 1.26 bits per heavy atom. The highest BCUT2D eigenvalue weighted by molar-refractivity contribution is 14.1. The number of halogens is 1. The number of benzene rings is 5. The van der Waals surface area contributed by atoms with E-state index in [9.17, 15) is 5.11 Å². The van der Waals surface area contributed by atoms with Crippen molar-refractivity contribution in [2.45, 2.75) is 32.7 Å². The van der Waals surface area contributed by atoms with Gasteiger partial charge in [-0.15, -0.1) is 0 Å². The lowest BCUT2D eigenvalue weighted by Crippen LogP contribution is -2.11. The number of aromatic hydroxyl groups is 1. The first-order valence-corrected chi connectivity index (χ1v) is 16.2. The number of aryl methyl sites for hydroxylation is 1. The molecule has 0 fully saturated rings. The molecule has 0 aliphatic heterocycles. The Hall–Kier alpha value is -4.03. The van der Waals surface area contributed by atoms with E-state index in [0.29, 0.717) is 53.2 Å². The lowest BCUT2D eigenvalue weighted by atomic mass is 9.94. The van der Waals surface area contributed by atoms with Gasteiger partial charge in [-0.2, -0.15) is 0 Å². The van der Waals surface area contributed by atoms with Crippen molar-refractivity contribution in [3.63, 3.8) is 0 Å². The monoisotopic (exact) mass is 750 g/mol. The summed E-state index contributed by atoms with van der Waals surface area (Å²) in [5, 5.41) is 13.0. The number of phenolic OH excluding ortho intramolecular Hbond substituents is 1. The molecule has 8 nitrogen and oxygen atoms in total. The fraction of sp³-hybridized carbons (Fsp3) is 0.263. The van der Waals surface area contributed by atoms with Gasteiger partial charge in [0.05, 0.1) is 34.2 Å². The summed E-state index contributed by atoms with van der Waals surface area (Å²) in [7, 11) is 4.67. The van der Waals surface area contributed by atoms with Crippen LogP contribution in [0.4, 0.5) is 0 Å². The van der Waals surface area contributed by atoms with Crippen molar-refractivity contribution in [1.29, 1.82) is 0 Å². The molecule has 0 spiro atoms. The van der Waals surface area contributed by atoms with Crippen molar-refractivity contribution in [2.75, 3.05) is 34.9 Å². The van der Waals surface area contributed by atoms with Crippen LogP contribution in [0.5, 0.6) is 28.7 Å². The maximum Gasteiger partial charge on any atom is 0.188 e. The standard InChI is InChI=1S/C38H39IO8/c1-25-17-28(37(39)34(18-25)45-22-27-13-9-6-10-14-27)19-32(44-21-26-11-7-5-8-12-26)29-20-33(43-4)35-30(46-23-41-2)15-16-31(47-24-42-3)36(35)38(29)40/h5-18,20,32,40H,19,21-24H2,1-4H3/t32-/m1/s1. The fourth-order valence-electron chi connectivity index (χ4n) is 5.39. The van der Waals surface area contributed by atoms with E-state index in [1.807, 2.05) is 79.7 Å². The van der Waals surface area contributed by atoms with E-state index in [0.717, 1.165) is 31.6 Å². The van der Waals surface area contributed by atoms with Gasteiger partial charge in [0, 0.05) is 26.2 Å². The molecule has 0 bridgehead atoms. The molecule has 5 aromatic carbocycles. The highest BCUT2D eigenvalue weighted by Crippen LogP contribution is 2.49. The minimum atomic E-state index is -0.579. The van der Waals surface area contributed by atoms with Gasteiger partial charge in [-0.3, -0.25) is 0 Å². The molecule has 0 unspecified atom stereocenters. The van der Waals surface area contributed by atoms with Crippen LogP contribution in [0.1, 0.15) is 33.9 Å². The first kappa shape index (κ1) is 34.3. The lowest BCUT2D eigenvalue weighted by molar-refractivity contribution is 0.0381. The molecule has 0 amide bonds. The van der Waals surface area contributed by atoms with E-state index in [4.69, 9.17) is 33.2 Å². The Morgan fingerprint density at radius 3 is 1.85 bits per heavy atom. The van der Waals surface area contributed by atoms with Crippen LogP contribution in [0.3, 0.4) is 0 Å². The summed E-state index contributed by atoms with van der Waals surface area (Å²) >= 11 is 2.34. The normalized spacial score (nSPS) is 11.8. The fourth-order valence-corrected chi connectivity index (χ4v) is 6.08. The van der Waals surface area contributed by atoms with Crippen molar-refractivity contribution >= 4 is 33.4 Å². The molecule has 1 atom stereocenters. The van der Waals surface area contributed by atoms with Crippen LogP contribution in [-0.2, 0) is 33.8 Å². The zero-order valence-corrected chi connectivity index (χ0v) is 29.1. The summed E-state index contributed by atoms with van der Waals surface area (Å²) in [5.41, 5.74) is 4.72. The third-order valence-corrected chi connectivity index (χ3v) is 8.82. The molecule has 0 aliphatic carbocycles. The third kappa shape index (κ3) is 8.47. The summed E-state index contributed by atoms with van der Waals surface area (Å²) in [6, 6.07) is 29.5. The molecule has 5 rings (SSSR count). The highest BCUT2D eigenvalue weighted by atomic mass is 127. The summed E-state index contributed by atoms with van der Waals surface area (Å²) in [6.07, 6.45) is -0.130. The number of hydrogen-bond donors (Lipinski definition) is 1. The van der Waals surface area contributed by atoms with Gasteiger partial charge in [0.1, 0.15) is 35.4 Å². The minimum absolute atomic E-state index is 0.00366. The third-order valence-electron chi connectivity index (χ3n) is 7.60. The van der Waals surface area contributed by atoms with Crippen LogP contribution >= 0.6 is 22.6 Å². The summed E-state index contributed by atoms with van der Waals surface area (Å²) in [6.45, 7) is 2.83. The molecule has 0 saturated carbocycles. The van der Waals surface area contributed by atoms with Crippen LogP contribution in [0.15, 0.2) is 91.0 Å². The highest BCUT2D eigenvalue weighted by Gasteiger charge is 2.27. The van der Waals surface area contributed by atoms with Gasteiger partial charge in [0.25, 0.3) is 0 Å². The van der Waals surface area contributed by atoms with Gasteiger partial charge in [-0.25, -0.2) is 0 Å². The van der Waals surface area contributed by atoms with E-state index in [1.165, 1.54) is 0 Å². The maximum atomic E-state index is 12.1. The molecule has 0 radical (unpaired) electrons. The van der Waals surface area contributed by atoms with Crippen LogP contribution in [0.25, 0.3) is 10.8 Å². The zero-order valence-electron chi connectivity index (χ0n) is 27.0. The minimum Gasteiger partial charge on any atom is -0.507 e. The van der Waals surface area contributed by atoms with E-state index < -0.39 is 6.10 Å². The van der Waals surface area contributed by atoms with Gasteiger partial charge in [0.15, 0.2) is 13.6 Å². The number of methoxy groups -OCH3 is 3. The van der Waals surface area contributed by atoms with Gasteiger partial charge in [-0.1, -0.05) is 66.7 Å². The van der Waals surface area contributed by atoms with E-state index >= 15 is 0 Å². The van der Waals surface area contributed by atoms with Crippen molar-refractivity contribution in [3.8, 4) is 28.7 Å². The molecule has 0 aliphatic rings. The maximum absolute atomic E-state index is 12.1. The van der Waals surface area contributed by atoms with Gasteiger partial charge in [0.2, 0.25) is 0 Å². The molecule has 47 heavy (non-hydrogen) atoms. The zero-order chi connectivity index (χ0) is 33.2. The van der Waals surface area contributed by atoms with Gasteiger partial charge < -0.3 is 38.3 Å². The Labute approximate surface area is 289 Å². The number of rotatable bonds is 16. The number of phenols is 1. The van der Waals surface area contributed by atoms with E-state index in [2.05, 4.69) is 28.7 Å². The molecule has 1 N–H and O–H groups in total. The Morgan fingerprint density at radius 1 is 0.660 bits per heavy atom. The second-order valence-electron chi connectivity index (χ2n) is 10.9. The SMILES string of the molecule is COCOc1ccc(OCOC)c2c(O)c([C@@H](Cc3cc(C)cc(OCc4ccccc4)c3I)OCc3ccccc3)cc(OC)c12. The molecule has 5 aromatic rings. The molecule has 0 saturated heterocycles. The number of ether oxygens (including phenoxy) is 7. The van der Waals surface area contributed by atoms with Crippen molar-refractivity contribution in [2.24, 2.45) is 0 Å². The summed E-state index contributed by atoms with van der Waals surface area (Å²) < 4.78 is 42.0. The molecule has 246 valence electrons. The Balaban J connectivity index is 1.60. The van der Waals surface area contributed by atoms with Crippen molar-refractivity contribution in [3.05, 3.63) is 122 Å². The van der Waals surface area contributed by atoms with Gasteiger partial charge >= 0.3 is 0 Å². The van der Waals surface area contributed by atoms with Crippen molar-refractivity contribution < 1.29 is 38.3 Å². The van der Waals surface area contributed by atoms with E-state index in [1.54, 1.807) is 33.5 Å². The Kier molecular flexibility index (Phi) is 12.2. The van der Waals surface area contributed by atoms with Crippen LogP contribution in [-0.4, -0.2) is 40.0 Å². The largest absolute Gasteiger partial charge is 0.507 e. The smallest absolute Gasteiger partial charge is 0.188 e. The van der Waals surface area contributed by atoms with Crippen LogP contribution in [0.2, 0.25) is 0 Å². The number of hydrogen-bond acceptors (Lipinski definition) is 8. The average Bonchev–Trinajstić information content (AvgIpc) is 3.10. The second-order valence-corrected chi connectivity index (χ2v) is 12.0. The predicted octanol–water partition coefficient (Wildman–Crippen LogP) is 8.51. The lowest BCUT2D eigenvalue weighted by Gasteiger charge is -2.24. The molecule has 0 heterocycles. The Bertz CT molecular complexity index is 1760. The van der Waals surface area contributed by atoms with E-state index in [-0.39, 0.29) is 19.3 Å². The van der Waals surface area contributed by atoms with Crippen molar-refractivity contribution in [1.82, 2.24) is 0 Å². The van der Waals surface area contributed by atoms with Crippen LogP contribution < -0.4 is 18.9 Å². The average molecular weight is 751 g/mol. The van der Waals surface area contributed by atoms with Crippen LogP contribution in [0, 0.1) is 10.5 Å².